The molecule has 2 N–H and O–H groups in total. The monoisotopic (exact) mass is 279 g/mol. The topological polar surface area (TPSA) is 58.0 Å². The Hall–Kier alpha value is -0.390. The molecular weight excluding hydrogens is 269 g/mol. The number of anilines is 1. The predicted octanol–water partition coefficient (Wildman–Crippen LogP) is 2.07. The van der Waals surface area contributed by atoms with Crippen LogP contribution in [0.4, 0.5) is 5.82 Å². The van der Waals surface area contributed by atoms with Crippen LogP contribution in [0.5, 0.6) is 0 Å². The van der Waals surface area contributed by atoms with Crippen molar-refractivity contribution in [1.82, 2.24) is 9.97 Å². The van der Waals surface area contributed by atoms with Gasteiger partial charge in [0.1, 0.15) is 5.82 Å². The van der Waals surface area contributed by atoms with Gasteiger partial charge < -0.3 is 10.4 Å². The Morgan fingerprint density at radius 3 is 2.79 bits per heavy atom. The standard InChI is InChI=1S/C8H11BrClN3O/c1-4(5(2)14)12-7-6(9)3-11-8(10)13-7/h3-5,14H,1-2H3,(H,11,12,13). The smallest absolute Gasteiger partial charge is 0.224 e. The Morgan fingerprint density at radius 1 is 1.57 bits per heavy atom. The van der Waals surface area contributed by atoms with Gasteiger partial charge in [0, 0.05) is 6.20 Å². The van der Waals surface area contributed by atoms with Crippen molar-refractivity contribution in [2.75, 3.05) is 5.32 Å². The fourth-order valence-electron chi connectivity index (χ4n) is 0.783. The molecule has 0 aliphatic rings. The predicted molar refractivity (Wildman–Crippen MR) is 59.5 cm³/mol. The van der Waals surface area contributed by atoms with E-state index in [4.69, 9.17) is 11.6 Å². The van der Waals surface area contributed by atoms with E-state index in [-0.39, 0.29) is 11.3 Å². The van der Waals surface area contributed by atoms with E-state index in [2.05, 4.69) is 31.2 Å². The molecule has 1 rings (SSSR count). The number of hydrogen-bond donors (Lipinski definition) is 2. The molecule has 0 bridgehead atoms. The first kappa shape index (κ1) is 11.7. The van der Waals surface area contributed by atoms with Crippen LogP contribution in [0.2, 0.25) is 5.28 Å². The molecule has 0 amide bonds. The van der Waals surface area contributed by atoms with E-state index < -0.39 is 6.10 Å². The summed E-state index contributed by atoms with van der Waals surface area (Å²) in [5.74, 6) is 0.582. The van der Waals surface area contributed by atoms with Gasteiger partial charge >= 0.3 is 0 Å². The molecule has 4 nitrogen and oxygen atoms in total. The van der Waals surface area contributed by atoms with Crippen LogP contribution in [0.1, 0.15) is 13.8 Å². The maximum Gasteiger partial charge on any atom is 0.224 e. The molecule has 0 saturated carbocycles. The highest BCUT2D eigenvalue weighted by atomic mass is 79.9. The summed E-state index contributed by atoms with van der Waals surface area (Å²) >= 11 is 8.91. The first-order chi connectivity index (χ1) is 6.50. The molecule has 0 radical (unpaired) electrons. The molecule has 0 aliphatic carbocycles. The molecule has 1 aromatic heterocycles. The molecule has 1 heterocycles. The summed E-state index contributed by atoms with van der Waals surface area (Å²) in [6, 6.07) is -0.0998. The van der Waals surface area contributed by atoms with Crippen LogP contribution in [0, 0.1) is 0 Å². The van der Waals surface area contributed by atoms with Crippen LogP contribution in [0.3, 0.4) is 0 Å². The van der Waals surface area contributed by atoms with Gasteiger partial charge in [0.2, 0.25) is 5.28 Å². The first-order valence-electron chi connectivity index (χ1n) is 4.13. The third-order valence-electron chi connectivity index (χ3n) is 1.80. The Kier molecular flexibility index (Phi) is 4.10. The van der Waals surface area contributed by atoms with Crippen molar-refractivity contribution in [2.24, 2.45) is 0 Å². The normalized spacial score (nSPS) is 14.9. The number of nitrogens with one attached hydrogen (secondary N) is 1. The van der Waals surface area contributed by atoms with Crippen molar-refractivity contribution < 1.29 is 5.11 Å². The molecule has 6 heteroatoms. The SMILES string of the molecule is CC(O)C(C)Nc1nc(Cl)ncc1Br. The van der Waals surface area contributed by atoms with E-state index in [1.54, 1.807) is 13.1 Å². The lowest BCUT2D eigenvalue weighted by molar-refractivity contribution is 0.177. The van der Waals surface area contributed by atoms with E-state index >= 15 is 0 Å². The molecule has 78 valence electrons. The number of aliphatic hydroxyl groups excluding tert-OH is 1. The maximum atomic E-state index is 9.29. The minimum atomic E-state index is -0.462. The minimum absolute atomic E-state index is 0.0998. The summed E-state index contributed by atoms with van der Waals surface area (Å²) in [5, 5.41) is 12.5. The summed E-state index contributed by atoms with van der Waals surface area (Å²) in [6.07, 6.45) is 1.10. The second-order valence-electron chi connectivity index (χ2n) is 3.01. The van der Waals surface area contributed by atoms with E-state index in [0.29, 0.717) is 5.82 Å². The molecule has 14 heavy (non-hydrogen) atoms. The van der Waals surface area contributed by atoms with Crippen molar-refractivity contribution >= 4 is 33.3 Å². The van der Waals surface area contributed by atoms with Crippen LogP contribution in [0.25, 0.3) is 0 Å². The van der Waals surface area contributed by atoms with Crippen molar-refractivity contribution in [2.45, 2.75) is 26.0 Å². The van der Waals surface area contributed by atoms with Crippen molar-refractivity contribution in [3.05, 3.63) is 16.0 Å². The van der Waals surface area contributed by atoms with Crippen LogP contribution >= 0.6 is 27.5 Å². The van der Waals surface area contributed by atoms with Crippen molar-refractivity contribution in [1.29, 1.82) is 0 Å². The van der Waals surface area contributed by atoms with Crippen LogP contribution in [-0.2, 0) is 0 Å². The number of aromatic nitrogens is 2. The molecule has 0 aromatic carbocycles. The van der Waals surface area contributed by atoms with Gasteiger partial charge in [-0.15, -0.1) is 0 Å². The number of rotatable bonds is 3. The third-order valence-corrected chi connectivity index (χ3v) is 2.57. The van der Waals surface area contributed by atoms with Gasteiger partial charge in [0.15, 0.2) is 0 Å². The van der Waals surface area contributed by atoms with Crippen molar-refractivity contribution in [3.63, 3.8) is 0 Å². The zero-order valence-corrected chi connectivity index (χ0v) is 10.2. The van der Waals surface area contributed by atoms with E-state index in [9.17, 15) is 5.11 Å². The van der Waals surface area contributed by atoms with Crippen LogP contribution < -0.4 is 5.32 Å². The summed E-state index contributed by atoms with van der Waals surface area (Å²) < 4.78 is 0.717. The van der Waals surface area contributed by atoms with Crippen LogP contribution in [0.15, 0.2) is 10.7 Å². The lowest BCUT2D eigenvalue weighted by Gasteiger charge is -2.17. The molecule has 0 spiro atoms. The second-order valence-corrected chi connectivity index (χ2v) is 4.20. The number of halogens is 2. The third kappa shape index (κ3) is 3.08. The van der Waals surface area contributed by atoms with E-state index in [1.807, 2.05) is 6.92 Å². The number of hydrogen-bond acceptors (Lipinski definition) is 4. The molecule has 0 saturated heterocycles. The molecule has 0 fully saturated rings. The Morgan fingerprint density at radius 2 is 2.21 bits per heavy atom. The van der Waals surface area contributed by atoms with E-state index in [0.717, 1.165) is 4.47 Å². The summed E-state index contributed by atoms with van der Waals surface area (Å²) in [6.45, 7) is 3.56. The fourth-order valence-corrected chi connectivity index (χ4v) is 1.22. The highest BCUT2D eigenvalue weighted by Gasteiger charge is 2.11. The fraction of sp³-hybridized carbons (Fsp3) is 0.500. The largest absolute Gasteiger partial charge is 0.391 e. The van der Waals surface area contributed by atoms with Gasteiger partial charge in [-0.1, -0.05) is 0 Å². The highest BCUT2D eigenvalue weighted by Crippen LogP contribution is 2.21. The molecule has 2 unspecified atom stereocenters. The van der Waals surface area contributed by atoms with E-state index in [1.165, 1.54) is 0 Å². The number of nitrogens with zero attached hydrogens (tertiary/aromatic N) is 2. The molecule has 2 atom stereocenters. The zero-order chi connectivity index (χ0) is 10.7. The maximum absolute atomic E-state index is 9.29. The summed E-state index contributed by atoms with van der Waals surface area (Å²) in [4.78, 5) is 7.78. The Balaban J connectivity index is 2.80. The summed E-state index contributed by atoms with van der Waals surface area (Å²) in [7, 11) is 0. The van der Waals surface area contributed by atoms with Gasteiger partial charge in [-0.3, -0.25) is 0 Å². The lowest BCUT2D eigenvalue weighted by atomic mass is 10.2. The average molecular weight is 281 g/mol. The number of aliphatic hydroxyl groups is 1. The van der Waals surface area contributed by atoms with Gasteiger partial charge in [-0.2, -0.15) is 4.98 Å². The van der Waals surface area contributed by atoms with Crippen LogP contribution in [-0.4, -0.2) is 27.2 Å². The minimum Gasteiger partial charge on any atom is -0.391 e. The Labute approximate surface area is 95.8 Å². The average Bonchev–Trinajstić information content (AvgIpc) is 2.11. The van der Waals surface area contributed by atoms with Gasteiger partial charge in [-0.05, 0) is 41.4 Å². The Bertz CT molecular complexity index is 321. The summed E-state index contributed by atoms with van der Waals surface area (Å²) in [5.41, 5.74) is 0. The van der Waals surface area contributed by atoms with Gasteiger partial charge in [0.05, 0.1) is 16.6 Å². The lowest BCUT2D eigenvalue weighted by Crippen LogP contribution is -2.28. The zero-order valence-electron chi connectivity index (χ0n) is 7.83. The first-order valence-corrected chi connectivity index (χ1v) is 5.30. The van der Waals surface area contributed by atoms with Gasteiger partial charge in [-0.25, -0.2) is 4.98 Å². The second kappa shape index (κ2) is 4.91. The quantitative estimate of drug-likeness (QED) is 0.832. The molecular formula is C8H11BrClN3O. The van der Waals surface area contributed by atoms with Crippen molar-refractivity contribution in [3.8, 4) is 0 Å². The van der Waals surface area contributed by atoms with Gasteiger partial charge in [0.25, 0.3) is 0 Å². The molecule has 0 aliphatic heterocycles. The molecule has 1 aromatic rings. The highest BCUT2D eigenvalue weighted by molar-refractivity contribution is 9.10.